The van der Waals surface area contributed by atoms with Gasteiger partial charge in [0.15, 0.2) is 0 Å². The van der Waals surface area contributed by atoms with Crippen LogP contribution in [0.15, 0.2) is 18.2 Å². The summed E-state index contributed by atoms with van der Waals surface area (Å²) in [6.45, 7) is 3.68. The highest BCUT2D eigenvalue weighted by molar-refractivity contribution is 6.27. The Balaban J connectivity index is 2.90. The first-order chi connectivity index (χ1) is 8.49. The van der Waals surface area contributed by atoms with Gasteiger partial charge in [-0.1, -0.05) is 12.1 Å². The van der Waals surface area contributed by atoms with Crippen molar-refractivity contribution < 1.29 is 14.3 Å². The minimum Gasteiger partial charge on any atom is -0.465 e. The van der Waals surface area contributed by atoms with Crippen LogP contribution in [0.5, 0.6) is 0 Å². The lowest BCUT2D eigenvalue weighted by atomic mass is 10.0. The molecule has 1 amide bonds. The fourth-order valence-electron chi connectivity index (χ4n) is 1.66. The number of hydrogen-bond acceptors (Lipinski definition) is 3. The molecule has 0 radical (unpaired) electrons. The number of methoxy groups -OCH3 is 1. The van der Waals surface area contributed by atoms with Gasteiger partial charge in [-0.3, -0.25) is 4.79 Å². The largest absolute Gasteiger partial charge is 0.465 e. The van der Waals surface area contributed by atoms with Crippen molar-refractivity contribution >= 4 is 23.5 Å². The fraction of sp³-hybridized carbons (Fsp3) is 0.385. The quantitative estimate of drug-likeness (QED) is 0.673. The Kier molecular flexibility index (Phi) is 5.16. The molecule has 0 fully saturated rings. The lowest BCUT2D eigenvalue weighted by Gasteiger charge is -2.15. The van der Waals surface area contributed by atoms with Crippen LogP contribution in [0.4, 0.5) is 0 Å². The molecular formula is C13H16ClNO3. The zero-order valence-corrected chi connectivity index (χ0v) is 11.4. The molecule has 0 spiro atoms. The lowest BCUT2D eigenvalue weighted by Crippen LogP contribution is -2.27. The molecule has 5 heteroatoms. The number of ether oxygens (including phenoxy) is 1. The maximum Gasteiger partial charge on any atom is 0.338 e. The van der Waals surface area contributed by atoms with Crippen LogP contribution < -0.4 is 5.32 Å². The van der Waals surface area contributed by atoms with Crippen LogP contribution in [0, 0.1) is 6.92 Å². The number of esters is 1. The molecule has 0 unspecified atom stereocenters. The van der Waals surface area contributed by atoms with Crippen molar-refractivity contribution in [3.63, 3.8) is 0 Å². The number of carbonyl (C=O) groups excluding carboxylic acids is 2. The Morgan fingerprint density at radius 3 is 2.61 bits per heavy atom. The molecule has 0 saturated carbocycles. The average molecular weight is 270 g/mol. The number of hydrogen-bond donors (Lipinski definition) is 1. The SMILES string of the molecule is COC(=O)c1ccc([C@H](C)NC(=O)CCl)cc1C. The van der Waals surface area contributed by atoms with Crippen molar-refractivity contribution in [1.82, 2.24) is 5.32 Å². The molecule has 4 nitrogen and oxygen atoms in total. The van der Waals surface area contributed by atoms with E-state index in [4.69, 9.17) is 11.6 Å². The third-order valence-electron chi connectivity index (χ3n) is 2.65. The highest BCUT2D eigenvalue weighted by Crippen LogP contribution is 2.18. The summed E-state index contributed by atoms with van der Waals surface area (Å²) in [5, 5.41) is 2.75. The number of carbonyl (C=O) groups is 2. The summed E-state index contributed by atoms with van der Waals surface area (Å²) in [6, 6.07) is 5.19. The second kappa shape index (κ2) is 6.40. The topological polar surface area (TPSA) is 55.4 Å². The standard InChI is InChI=1S/C13H16ClNO3/c1-8-6-10(9(2)15-12(16)7-14)4-5-11(8)13(17)18-3/h4-6,9H,7H2,1-3H3,(H,15,16)/t9-/m0/s1. The van der Waals surface area contributed by atoms with Crippen LogP contribution in [0.1, 0.15) is 34.5 Å². The summed E-state index contributed by atoms with van der Waals surface area (Å²) < 4.78 is 4.67. The van der Waals surface area contributed by atoms with Crippen molar-refractivity contribution in [2.45, 2.75) is 19.9 Å². The van der Waals surface area contributed by atoms with E-state index < -0.39 is 0 Å². The van der Waals surface area contributed by atoms with Crippen LogP contribution in [0.2, 0.25) is 0 Å². The predicted molar refractivity (Wildman–Crippen MR) is 69.8 cm³/mol. The molecule has 0 aromatic heterocycles. The number of halogens is 1. The average Bonchev–Trinajstić information content (AvgIpc) is 2.37. The van der Waals surface area contributed by atoms with Gasteiger partial charge in [0.2, 0.25) is 5.91 Å². The first kappa shape index (κ1) is 14.5. The van der Waals surface area contributed by atoms with E-state index in [2.05, 4.69) is 10.1 Å². The van der Waals surface area contributed by atoms with E-state index >= 15 is 0 Å². The summed E-state index contributed by atoms with van der Waals surface area (Å²) in [4.78, 5) is 22.6. The highest BCUT2D eigenvalue weighted by atomic mass is 35.5. The Morgan fingerprint density at radius 1 is 1.44 bits per heavy atom. The second-order valence-electron chi connectivity index (χ2n) is 3.99. The molecular weight excluding hydrogens is 254 g/mol. The zero-order valence-electron chi connectivity index (χ0n) is 10.6. The summed E-state index contributed by atoms with van der Waals surface area (Å²) >= 11 is 5.43. The monoisotopic (exact) mass is 269 g/mol. The van der Waals surface area contributed by atoms with Gasteiger partial charge in [-0.25, -0.2) is 4.79 Å². The molecule has 1 N–H and O–H groups in total. The minimum absolute atomic E-state index is 0.0659. The van der Waals surface area contributed by atoms with Crippen molar-refractivity contribution in [2.24, 2.45) is 0 Å². The summed E-state index contributed by atoms with van der Waals surface area (Å²) in [5.74, 6) is -0.654. The van der Waals surface area contributed by atoms with E-state index in [0.29, 0.717) is 5.56 Å². The Labute approximate surface area is 111 Å². The number of benzene rings is 1. The fourth-order valence-corrected chi connectivity index (χ4v) is 1.74. The molecule has 0 aliphatic rings. The van der Waals surface area contributed by atoms with Crippen LogP contribution in [0.3, 0.4) is 0 Å². The molecule has 0 bridgehead atoms. The van der Waals surface area contributed by atoms with Crippen molar-refractivity contribution in [2.75, 3.05) is 13.0 Å². The number of rotatable bonds is 4. The van der Waals surface area contributed by atoms with Crippen LogP contribution in [0.25, 0.3) is 0 Å². The molecule has 0 aliphatic carbocycles. The summed E-state index contributed by atoms with van der Waals surface area (Å²) in [5.41, 5.74) is 2.25. The molecule has 0 aliphatic heterocycles. The summed E-state index contributed by atoms with van der Waals surface area (Å²) in [6.07, 6.45) is 0. The second-order valence-corrected chi connectivity index (χ2v) is 4.26. The number of amides is 1. The van der Waals surface area contributed by atoms with Gasteiger partial charge in [0.05, 0.1) is 18.7 Å². The van der Waals surface area contributed by atoms with Gasteiger partial charge >= 0.3 is 5.97 Å². The van der Waals surface area contributed by atoms with E-state index in [9.17, 15) is 9.59 Å². The smallest absolute Gasteiger partial charge is 0.338 e. The van der Waals surface area contributed by atoms with Gasteiger partial charge in [0.25, 0.3) is 0 Å². The van der Waals surface area contributed by atoms with Crippen LogP contribution in [-0.2, 0) is 9.53 Å². The molecule has 0 saturated heterocycles. The molecule has 1 aromatic carbocycles. The number of alkyl halides is 1. The lowest BCUT2D eigenvalue weighted by molar-refractivity contribution is -0.119. The van der Waals surface area contributed by atoms with Gasteiger partial charge in [0.1, 0.15) is 5.88 Å². The van der Waals surface area contributed by atoms with Gasteiger partial charge in [-0.05, 0) is 31.0 Å². The molecule has 1 aromatic rings. The van der Waals surface area contributed by atoms with Gasteiger partial charge in [0, 0.05) is 0 Å². The number of aryl methyl sites for hydroxylation is 1. The molecule has 18 heavy (non-hydrogen) atoms. The van der Waals surface area contributed by atoms with Crippen molar-refractivity contribution in [1.29, 1.82) is 0 Å². The van der Waals surface area contributed by atoms with E-state index in [1.807, 2.05) is 19.9 Å². The maximum atomic E-state index is 11.4. The summed E-state index contributed by atoms with van der Waals surface area (Å²) in [7, 11) is 1.35. The molecule has 98 valence electrons. The Bertz CT molecular complexity index is 460. The molecule has 0 heterocycles. The predicted octanol–water partition coefficient (Wildman–Crippen LogP) is 2.20. The number of nitrogens with one attached hydrogen (secondary N) is 1. The Hall–Kier alpha value is -1.55. The molecule has 1 atom stereocenters. The van der Waals surface area contributed by atoms with Crippen LogP contribution >= 0.6 is 11.6 Å². The van der Waals surface area contributed by atoms with Crippen LogP contribution in [-0.4, -0.2) is 24.9 Å². The third kappa shape index (κ3) is 3.47. The van der Waals surface area contributed by atoms with E-state index in [-0.39, 0.29) is 23.8 Å². The molecule has 1 rings (SSSR count). The maximum absolute atomic E-state index is 11.4. The van der Waals surface area contributed by atoms with Gasteiger partial charge in [-0.15, -0.1) is 11.6 Å². The van der Waals surface area contributed by atoms with E-state index in [1.165, 1.54) is 7.11 Å². The first-order valence-corrected chi connectivity index (χ1v) is 6.07. The van der Waals surface area contributed by atoms with Crippen molar-refractivity contribution in [3.05, 3.63) is 34.9 Å². The van der Waals surface area contributed by atoms with Gasteiger partial charge in [-0.2, -0.15) is 0 Å². The third-order valence-corrected chi connectivity index (χ3v) is 2.90. The minimum atomic E-state index is -0.364. The zero-order chi connectivity index (χ0) is 13.7. The van der Waals surface area contributed by atoms with E-state index in [0.717, 1.165) is 11.1 Å². The normalized spacial score (nSPS) is 11.8. The Morgan fingerprint density at radius 2 is 2.11 bits per heavy atom. The highest BCUT2D eigenvalue weighted by Gasteiger charge is 2.13. The first-order valence-electron chi connectivity index (χ1n) is 5.53. The van der Waals surface area contributed by atoms with Gasteiger partial charge < -0.3 is 10.1 Å². The van der Waals surface area contributed by atoms with E-state index in [1.54, 1.807) is 12.1 Å². The van der Waals surface area contributed by atoms with Crippen molar-refractivity contribution in [3.8, 4) is 0 Å².